The van der Waals surface area contributed by atoms with Gasteiger partial charge in [-0.25, -0.2) is 0 Å². The van der Waals surface area contributed by atoms with E-state index in [1.807, 2.05) is 32.9 Å². The monoisotopic (exact) mass is 291 g/mol. The molecule has 4 nitrogen and oxygen atoms in total. The third-order valence-electron chi connectivity index (χ3n) is 2.70. The summed E-state index contributed by atoms with van der Waals surface area (Å²) in [6, 6.07) is 5.98. The van der Waals surface area contributed by atoms with Crippen LogP contribution in [0.15, 0.2) is 29.0 Å². The lowest BCUT2D eigenvalue weighted by atomic mass is 10.2. The van der Waals surface area contributed by atoms with Crippen LogP contribution in [0.4, 0.5) is 11.5 Å². The molecule has 0 radical (unpaired) electrons. The Hall–Kier alpha value is -1.75. The van der Waals surface area contributed by atoms with Crippen molar-refractivity contribution in [1.29, 1.82) is 0 Å². The van der Waals surface area contributed by atoms with Crippen molar-refractivity contribution in [2.75, 3.05) is 11.1 Å². The minimum absolute atomic E-state index is 0.194. The van der Waals surface area contributed by atoms with E-state index in [9.17, 15) is 0 Å². The molecule has 0 aromatic carbocycles. The number of pyridine rings is 1. The summed E-state index contributed by atoms with van der Waals surface area (Å²) in [4.78, 5) is 4.45. The van der Waals surface area contributed by atoms with Crippen LogP contribution in [0.5, 0.6) is 5.88 Å². The van der Waals surface area contributed by atoms with Gasteiger partial charge in [-0.2, -0.15) is 16.3 Å². The Morgan fingerprint density at radius 1 is 1.30 bits per heavy atom. The van der Waals surface area contributed by atoms with Gasteiger partial charge >= 0.3 is 0 Å². The van der Waals surface area contributed by atoms with Crippen LogP contribution in [0, 0.1) is 0 Å². The molecule has 5 heteroatoms. The molecule has 0 amide bonds. The molecule has 0 aliphatic heterocycles. The minimum Gasteiger partial charge on any atom is -0.470 e. The molecule has 108 valence electrons. The lowest BCUT2D eigenvalue weighted by Crippen LogP contribution is -2.24. The van der Waals surface area contributed by atoms with Crippen LogP contribution in [0.3, 0.4) is 0 Å². The molecule has 1 atom stereocenters. The highest BCUT2D eigenvalue weighted by atomic mass is 32.1. The van der Waals surface area contributed by atoms with Crippen molar-refractivity contribution in [3.63, 3.8) is 0 Å². The maximum absolute atomic E-state index is 5.91. The van der Waals surface area contributed by atoms with E-state index in [4.69, 9.17) is 10.5 Å². The van der Waals surface area contributed by atoms with E-state index >= 15 is 0 Å². The largest absolute Gasteiger partial charge is 0.470 e. The molecule has 3 N–H and O–H groups in total. The molecule has 2 rings (SSSR count). The van der Waals surface area contributed by atoms with Gasteiger partial charge in [0, 0.05) is 0 Å². The summed E-state index contributed by atoms with van der Waals surface area (Å²) >= 11 is 1.69. The Balaban J connectivity index is 2.15. The summed E-state index contributed by atoms with van der Waals surface area (Å²) in [5.74, 6) is 1.23. The third-order valence-corrected chi connectivity index (χ3v) is 3.40. The Bertz CT molecular complexity index is 561. The van der Waals surface area contributed by atoms with Gasteiger partial charge in [0.1, 0.15) is 11.4 Å². The standard InChI is InChI=1S/C15H21N3OS/c1-10(11-7-8-20-9-11)17-13-6-5-12(16)14(18-13)19-15(2,3)4/h5-10H,16H2,1-4H3,(H,17,18). The second-order valence-electron chi connectivity index (χ2n) is 5.73. The predicted octanol–water partition coefficient (Wildman–Crippen LogP) is 4.08. The zero-order valence-corrected chi connectivity index (χ0v) is 13.1. The summed E-state index contributed by atoms with van der Waals surface area (Å²) in [7, 11) is 0. The lowest BCUT2D eigenvalue weighted by molar-refractivity contribution is 0.125. The quantitative estimate of drug-likeness (QED) is 0.891. The number of anilines is 2. The van der Waals surface area contributed by atoms with Crippen molar-refractivity contribution in [1.82, 2.24) is 4.98 Å². The topological polar surface area (TPSA) is 60.2 Å². The molecule has 0 bridgehead atoms. The summed E-state index contributed by atoms with van der Waals surface area (Å²) in [6.07, 6.45) is 0. The Morgan fingerprint density at radius 3 is 2.65 bits per heavy atom. The van der Waals surface area contributed by atoms with Crippen molar-refractivity contribution in [3.8, 4) is 5.88 Å². The minimum atomic E-state index is -0.321. The van der Waals surface area contributed by atoms with E-state index in [1.54, 1.807) is 11.3 Å². The Morgan fingerprint density at radius 2 is 2.05 bits per heavy atom. The number of rotatable bonds is 4. The van der Waals surface area contributed by atoms with E-state index in [1.165, 1.54) is 5.56 Å². The zero-order valence-electron chi connectivity index (χ0n) is 12.3. The smallest absolute Gasteiger partial charge is 0.239 e. The lowest BCUT2D eigenvalue weighted by Gasteiger charge is -2.22. The molecule has 0 saturated heterocycles. The molecule has 0 spiro atoms. The molecule has 2 aromatic heterocycles. The fraction of sp³-hybridized carbons (Fsp3) is 0.400. The summed E-state index contributed by atoms with van der Waals surface area (Å²) in [5.41, 5.74) is 7.38. The van der Waals surface area contributed by atoms with Gasteiger partial charge in [0.2, 0.25) is 5.88 Å². The van der Waals surface area contributed by atoms with Crippen molar-refractivity contribution in [2.45, 2.75) is 39.3 Å². The van der Waals surface area contributed by atoms with Crippen LogP contribution in [-0.4, -0.2) is 10.6 Å². The Labute approximate surface area is 124 Å². The highest BCUT2D eigenvalue weighted by Gasteiger charge is 2.16. The maximum atomic E-state index is 5.91. The van der Waals surface area contributed by atoms with Crippen molar-refractivity contribution in [2.24, 2.45) is 0 Å². The predicted molar refractivity (Wildman–Crippen MR) is 85.4 cm³/mol. The summed E-state index contributed by atoms with van der Waals surface area (Å²) in [6.45, 7) is 8.02. The number of ether oxygens (including phenoxy) is 1. The van der Waals surface area contributed by atoms with Gasteiger partial charge in [0.15, 0.2) is 0 Å². The van der Waals surface area contributed by atoms with E-state index in [0.717, 1.165) is 5.82 Å². The van der Waals surface area contributed by atoms with Gasteiger partial charge in [-0.1, -0.05) is 0 Å². The van der Waals surface area contributed by atoms with Gasteiger partial charge < -0.3 is 15.8 Å². The molecule has 2 heterocycles. The van der Waals surface area contributed by atoms with Crippen LogP contribution >= 0.6 is 11.3 Å². The molecule has 20 heavy (non-hydrogen) atoms. The van der Waals surface area contributed by atoms with Gasteiger partial charge in [0.05, 0.1) is 11.7 Å². The highest BCUT2D eigenvalue weighted by molar-refractivity contribution is 7.07. The molecule has 0 aliphatic rings. The SMILES string of the molecule is CC(Nc1ccc(N)c(OC(C)(C)C)n1)c1ccsc1. The van der Waals surface area contributed by atoms with Gasteiger partial charge in [0.25, 0.3) is 0 Å². The molecule has 1 unspecified atom stereocenters. The van der Waals surface area contributed by atoms with Gasteiger partial charge in [-0.3, -0.25) is 0 Å². The fourth-order valence-corrected chi connectivity index (χ4v) is 2.48. The van der Waals surface area contributed by atoms with E-state index in [2.05, 4.69) is 34.1 Å². The molecule has 0 saturated carbocycles. The normalized spacial score (nSPS) is 13.0. The van der Waals surface area contributed by atoms with Gasteiger partial charge in [-0.05, 0) is 62.2 Å². The first kappa shape index (κ1) is 14.7. The summed E-state index contributed by atoms with van der Waals surface area (Å²) in [5, 5.41) is 7.55. The second-order valence-corrected chi connectivity index (χ2v) is 6.51. The van der Waals surface area contributed by atoms with Crippen molar-refractivity contribution < 1.29 is 4.74 Å². The van der Waals surface area contributed by atoms with Crippen molar-refractivity contribution >= 4 is 22.8 Å². The number of nitrogen functional groups attached to an aromatic ring is 1. The average molecular weight is 291 g/mol. The molecule has 0 aliphatic carbocycles. The fourth-order valence-electron chi connectivity index (χ4n) is 1.73. The number of aromatic nitrogens is 1. The maximum Gasteiger partial charge on any atom is 0.239 e. The first-order valence-electron chi connectivity index (χ1n) is 6.59. The van der Waals surface area contributed by atoms with Crippen LogP contribution in [0.2, 0.25) is 0 Å². The third kappa shape index (κ3) is 3.87. The zero-order chi connectivity index (χ0) is 14.8. The highest BCUT2D eigenvalue weighted by Crippen LogP contribution is 2.27. The van der Waals surface area contributed by atoms with E-state index in [0.29, 0.717) is 11.6 Å². The van der Waals surface area contributed by atoms with Crippen LogP contribution in [-0.2, 0) is 0 Å². The van der Waals surface area contributed by atoms with E-state index in [-0.39, 0.29) is 11.6 Å². The number of nitrogens with two attached hydrogens (primary N) is 1. The number of nitrogens with zero attached hydrogens (tertiary/aromatic N) is 1. The molecule has 2 aromatic rings. The van der Waals surface area contributed by atoms with Gasteiger partial charge in [-0.15, -0.1) is 0 Å². The first-order valence-corrected chi connectivity index (χ1v) is 7.53. The number of thiophene rings is 1. The second kappa shape index (κ2) is 5.71. The molecular weight excluding hydrogens is 270 g/mol. The van der Waals surface area contributed by atoms with Crippen LogP contribution in [0.1, 0.15) is 39.3 Å². The first-order chi connectivity index (χ1) is 9.35. The molecular formula is C15H21N3OS. The summed E-state index contributed by atoms with van der Waals surface area (Å²) < 4.78 is 5.77. The average Bonchev–Trinajstić information content (AvgIpc) is 2.85. The molecule has 0 fully saturated rings. The number of hydrogen-bond acceptors (Lipinski definition) is 5. The van der Waals surface area contributed by atoms with Crippen LogP contribution < -0.4 is 15.8 Å². The van der Waals surface area contributed by atoms with Crippen LogP contribution in [0.25, 0.3) is 0 Å². The van der Waals surface area contributed by atoms with Crippen molar-refractivity contribution in [3.05, 3.63) is 34.5 Å². The number of nitrogens with one attached hydrogen (secondary N) is 1. The number of hydrogen-bond donors (Lipinski definition) is 2. The van der Waals surface area contributed by atoms with E-state index < -0.39 is 0 Å². The Kier molecular flexibility index (Phi) is 4.18.